The predicted octanol–water partition coefficient (Wildman–Crippen LogP) is -5.20. The number of aliphatic hydroxyl groups excluding tert-OH is 12. The summed E-state index contributed by atoms with van der Waals surface area (Å²) in [6.07, 6.45) is -36.2. The van der Waals surface area contributed by atoms with Crippen molar-refractivity contribution in [1.29, 1.82) is 0 Å². The van der Waals surface area contributed by atoms with Crippen LogP contribution in [0.5, 0.6) is 34.5 Å². The zero-order valence-electron chi connectivity index (χ0n) is 40.7. The Morgan fingerprint density at radius 1 is 0.623 bits per heavy atom. The summed E-state index contributed by atoms with van der Waals surface area (Å²) in [5.41, 5.74) is -2.30. The standard InChI is InChI=1S/C48H58O29/c1-14-28(51)32(55)35(58)44(71-14)73-21-6-23-22(68-12-69-23)5-17(21)25-26-16(3-4-20-38(26)70-13-67-20)37(18-7-63-42(61)27(18)25)75-46-40(77-47-41(60)48(62,10-49)11-66-47)39(76-45-36(59)33(56)29(52)15(2)72-45)31(54)24(74-46)9-65-43-34(57)30(53)19(50)8-64-43/h3-6,14-15,19,24,28-36,39-41,43-47,49-60,62H,7-13H2,1-2H3. The lowest BCUT2D eigenvalue weighted by molar-refractivity contribution is -0.370. The van der Waals surface area contributed by atoms with Gasteiger partial charge in [-0.25, -0.2) is 4.79 Å². The van der Waals surface area contributed by atoms with Crippen LogP contribution in [0.15, 0.2) is 24.3 Å². The van der Waals surface area contributed by atoms with E-state index >= 15 is 0 Å². The third-order valence-electron chi connectivity index (χ3n) is 14.9. The fourth-order valence-electron chi connectivity index (χ4n) is 10.4. The number of ether oxygens (including phenoxy) is 15. The number of carbonyl (C=O) groups is 1. The predicted molar refractivity (Wildman–Crippen MR) is 243 cm³/mol. The number of hydrogen-bond donors (Lipinski definition) is 13. The van der Waals surface area contributed by atoms with Gasteiger partial charge in [0.15, 0.2) is 48.0 Å². The Bertz CT molecular complexity index is 2680. The van der Waals surface area contributed by atoms with Crippen LogP contribution in [0.3, 0.4) is 0 Å². The Hall–Kier alpha value is -4.65. The molecule has 0 aromatic heterocycles. The van der Waals surface area contributed by atoms with E-state index in [1.165, 1.54) is 38.1 Å². The summed E-state index contributed by atoms with van der Waals surface area (Å²) in [4.78, 5) is 14.4. The van der Waals surface area contributed by atoms with E-state index in [2.05, 4.69) is 0 Å². The smallest absolute Gasteiger partial charge is 0.339 e. The van der Waals surface area contributed by atoms with Gasteiger partial charge in [0.1, 0.15) is 103 Å². The monoisotopic (exact) mass is 1100 g/mol. The van der Waals surface area contributed by atoms with Crippen molar-refractivity contribution in [2.75, 3.05) is 40.0 Å². The normalized spacial score (nSPS) is 41.4. The van der Waals surface area contributed by atoms with E-state index in [1.54, 1.807) is 0 Å². The SMILES string of the molecule is CC1OC(Oc2cc3c(cc2-c2c4c(c(OC5OC(COC6OCC(O)C(O)C6O)C(O)C(OC6OC(C)C(O)C(O)C6O)C5OC5OCC(O)(CO)C5O)c5ccc6c(c25)OCO6)COC4=O)OCO3)C(O)C(O)C1O. The number of benzene rings is 3. The van der Waals surface area contributed by atoms with E-state index in [1.807, 2.05) is 0 Å². The van der Waals surface area contributed by atoms with Crippen LogP contribution in [-0.2, 0) is 49.2 Å². The molecule has 29 nitrogen and oxygen atoms in total. The van der Waals surface area contributed by atoms with Gasteiger partial charge in [-0.2, -0.15) is 0 Å². The van der Waals surface area contributed by atoms with E-state index in [9.17, 15) is 71.2 Å². The van der Waals surface area contributed by atoms with Crippen LogP contribution in [0.25, 0.3) is 21.9 Å². The first-order valence-corrected chi connectivity index (χ1v) is 24.6. The van der Waals surface area contributed by atoms with Gasteiger partial charge in [-0.1, -0.05) is 0 Å². The lowest BCUT2D eigenvalue weighted by atomic mass is 9.88. The highest BCUT2D eigenvalue weighted by Crippen LogP contribution is 2.55. The van der Waals surface area contributed by atoms with Gasteiger partial charge in [-0.3, -0.25) is 0 Å². The maximum Gasteiger partial charge on any atom is 0.339 e. The first-order chi connectivity index (χ1) is 36.8. The van der Waals surface area contributed by atoms with Gasteiger partial charge in [0.05, 0.1) is 44.2 Å². The lowest BCUT2D eigenvalue weighted by Gasteiger charge is -2.48. The van der Waals surface area contributed by atoms with Gasteiger partial charge < -0.3 is 137 Å². The third kappa shape index (κ3) is 9.47. The second-order valence-corrected chi connectivity index (χ2v) is 19.9. The fourth-order valence-corrected chi connectivity index (χ4v) is 10.4. The minimum absolute atomic E-state index is 0.0230. The maximum absolute atomic E-state index is 14.4. The molecular formula is C48H58O29. The van der Waals surface area contributed by atoms with Crippen LogP contribution >= 0.6 is 0 Å². The van der Waals surface area contributed by atoms with E-state index in [0.717, 1.165) is 0 Å². The van der Waals surface area contributed by atoms with Gasteiger partial charge in [-0.15, -0.1) is 0 Å². The molecule has 8 aliphatic rings. The topological polar surface area (TPSA) is 419 Å². The van der Waals surface area contributed by atoms with Crippen molar-refractivity contribution in [1.82, 2.24) is 0 Å². The van der Waals surface area contributed by atoms with E-state index < -0.39 is 174 Å². The number of carbonyl (C=O) groups excluding carboxylic acids is 1. The summed E-state index contributed by atoms with van der Waals surface area (Å²) in [5, 5.41) is 141. The van der Waals surface area contributed by atoms with Gasteiger partial charge in [-0.05, 0) is 32.0 Å². The third-order valence-corrected chi connectivity index (χ3v) is 14.9. The van der Waals surface area contributed by atoms with Crippen molar-refractivity contribution in [3.05, 3.63) is 35.4 Å². The molecule has 77 heavy (non-hydrogen) atoms. The highest BCUT2D eigenvalue weighted by molar-refractivity contribution is 6.16. The van der Waals surface area contributed by atoms with Crippen molar-refractivity contribution in [2.45, 2.75) is 155 Å². The molecule has 22 atom stereocenters. The highest BCUT2D eigenvalue weighted by atomic mass is 16.8. The highest BCUT2D eigenvalue weighted by Gasteiger charge is 2.57. The summed E-state index contributed by atoms with van der Waals surface area (Å²) < 4.78 is 89.6. The molecule has 5 fully saturated rings. The molecule has 424 valence electrons. The molecular weight excluding hydrogens is 1040 g/mol. The molecule has 8 heterocycles. The number of rotatable bonds is 13. The molecule has 8 aliphatic heterocycles. The molecule has 5 saturated heterocycles. The van der Waals surface area contributed by atoms with Crippen molar-refractivity contribution >= 4 is 16.7 Å². The molecule has 0 amide bonds. The number of fused-ring (bicyclic) bond motifs is 5. The van der Waals surface area contributed by atoms with Gasteiger partial charge in [0, 0.05) is 33.5 Å². The van der Waals surface area contributed by atoms with Crippen molar-refractivity contribution in [2.24, 2.45) is 0 Å². The van der Waals surface area contributed by atoms with Crippen molar-refractivity contribution in [3.8, 4) is 45.6 Å². The van der Waals surface area contributed by atoms with Crippen LogP contribution in [-0.4, -0.2) is 247 Å². The lowest BCUT2D eigenvalue weighted by Crippen LogP contribution is -2.66. The molecule has 0 saturated carbocycles. The zero-order valence-corrected chi connectivity index (χ0v) is 40.7. The van der Waals surface area contributed by atoms with Crippen LogP contribution in [0.2, 0.25) is 0 Å². The molecule has 3 aromatic rings. The minimum atomic E-state index is -2.29. The first kappa shape index (κ1) is 54.3. The summed E-state index contributed by atoms with van der Waals surface area (Å²) >= 11 is 0. The Morgan fingerprint density at radius 2 is 1.27 bits per heavy atom. The molecule has 0 aliphatic carbocycles. The molecule has 0 spiro atoms. The summed E-state index contributed by atoms with van der Waals surface area (Å²) in [7, 11) is 0. The van der Waals surface area contributed by atoms with Crippen LogP contribution in [0, 0.1) is 0 Å². The van der Waals surface area contributed by atoms with E-state index in [0.29, 0.717) is 0 Å². The first-order valence-electron chi connectivity index (χ1n) is 24.6. The second kappa shape index (κ2) is 21.1. The van der Waals surface area contributed by atoms with Crippen LogP contribution in [0.4, 0.5) is 0 Å². The molecule has 13 N–H and O–H groups in total. The summed E-state index contributed by atoms with van der Waals surface area (Å²) in [6, 6.07) is 5.93. The fraction of sp³-hybridized carbons (Fsp3) is 0.646. The average Bonchev–Trinajstić information content (AvgIpc) is 4.26. The zero-order chi connectivity index (χ0) is 54.5. The maximum atomic E-state index is 14.4. The Balaban J connectivity index is 1.06. The number of aliphatic hydroxyl groups is 13. The number of esters is 1. The van der Waals surface area contributed by atoms with Gasteiger partial charge >= 0.3 is 5.97 Å². The molecule has 11 rings (SSSR count). The summed E-state index contributed by atoms with van der Waals surface area (Å²) in [6.45, 7) is -1.14. The Labute approximate surface area is 434 Å². The van der Waals surface area contributed by atoms with E-state index in [4.69, 9.17) is 71.1 Å². The Kier molecular flexibility index (Phi) is 14.9. The van der Waals surface area contributed by atoms with Crippen molar-refractivity contribution < 1.29 is 142 Å². The molecule has 0 bridgehead atoms. The second-order valence-electron chi connectivity index (χ2n) is 19.9. The molecule has 3 aromatic carbocycles. The van der Waals surface area contributed by atoms with Gasteiger partial charge in [0.25, 0.3) is 0 Å². The van der Waals surface area contributed by atoms with Crippen LogP contribution < -0.4 is 28.4 Å². The quantitative estimate of drug-likeness (QED) is 0.0712. The largest absolute Gasteiger partial charge is 0.461 e. The minimum Gasteiger partial charge on any atom is -0.461 e. The molecule has 29 heteroatoms. The number of hydrogen-bond acceptors (Lipinski definition) is 29. The van der Waals surface area contributed by atoms with E-state index in [-0.39, 0.29) is 81.1 Å². The average molecular weight is 1100 g/mol. The molecule has 22 unspecified atom stereocenters. The number of cyclic esters (lactones) is 1. The van der Waals surface area contributed by atoms with Crippen LogP contribution in [0.1, 0.15) is 29.8 Å². The summed E-state index contributed by atoms with van der Waals surface area (Å²) in [5.74, 6) is -0.635. The van der Waals surface area contributed by atoms with Crippen molar-refractivity contribution in [3.63, 3.8) is 0 Å². The Morgan fingerprint density at radius 3 is 1.99 bits per heavy atom. The van der Waals surface area contributed by atoms with Gasteiger partial charge in [0.2, 0.25) is 26.2 Å². The molecule has 0 radical (unpaired) electrons.